The molecule has 1 unspecified atom stereocenters. The van der Waals surface area contributed by atoms with Crippen LogP contribution in [-0.2, 0) is 16.0 Å². The summed E-state index contributed by atoms with van der Waals surface area (Å²) in [6.07, 6.45) is 1.95. The summed E-state index contributed by atoms with van der Waals surface area (Å²) in [6, 6.07) is 11.4. The molecule has 0 saturated heterocycles. The summed E-state index contributed by atoms with van der Waals surface area (Å²) in [7, 11) is 0. The molecule has 5 heteroatoms. The molecule has 0 bridgehead atoms. The Kier molecular flexibility index (Phi) is 5.83. The minimum absolute atomic E-state index is 0.164. The van der Waals surface area contributed by atoms with Gasteiger partial charge in [-0.2, -0.15) is 0 Å². The fourth-order valence-electron chi connectivity index (χ4n) is 2.99. The van der Waals surface area contributed by atoms with E-state index < -0.39 is 12.1 Å². The van der Waals surface area contributed by atoms with Crippen molar-refractivity contribution in [2.75, 3.05) is 6.61 Å². The molecule has 0 N–H and O–H groups in total. The molecule has 5 nitrogen and oxygen atoms in total. The molecule has 1 heterocycles. The SMILES string of the molecule is CCOC(=O)C(C)Oc1ccc2c(c1C)O/C(=C\c1ccc(CC)cc1)C2=O. The number of ketones is 1. The number of hydrogen-bond donors (Lipinski definition) is 0. The Morgan fingerprint density at radius 2 is 1.86 bits per heavy atom. The van der Waals surface area contributed by atoms with Gasteiger partial charge < -0.3 is 14.2 Å². The first-order valence-electron chi connectivity index (χ1n) is 9.44. The minimum atomic E-state index is -0.749. The number of ether oxygens (including phenoxy) is 3. The number of carbonyl (C=O) groups excluding carboxylic acids is 2. The van der Waals surface area contributed by atoms with Crippen LogP contribution in [0.2, 0.25) is 0 Å². The Morgan fingerprint density at radius 1 is 1.14 bits per heavy atom. The summed E-state index contributed by atoms with van der Waals surface area (Å²) in [4.78, 5) is 24.5. The summed E-state index contributed by atoms with van der Waals surface area (Å²) in [5.74, 6) is 0.631. The van der Waals surface area contributed by atoms with Crippen molar-refractivity contribution in [3.63, 3.8) is 0 Å². The first-order chi connectivity index (χ1) is 13.4. The van der Waals surface area contributed by atoms with Crippen LogP contribution in [0.1, 0.15) is 47.8 Å². The van der Waals surface area contributed by atoms with Crippen molar-refractivity contribution in [3.05, 3.63) is 64.4 Å². The number of hydrogen-bond acceptors (Lipinski definition) is 5. The predicted octanol–water partition coefficient (Wildman–Crippen LogP) is 4.50. The Hall–Kier alpha value is -3.08. The van der Waals surface area contributed by atoms with Crippen molar-refractivity contribution in [2.24, 2.45) is 0 Å². The average molecular weight is 380 g/mol. The maximum atomic E-state index is 12.7. The minimum Gasteiger partial charge on any atom is -0.479 e. The highest BCUT2D eigenvalue weighted by atomic mass is 16.6. The van der Waals surface area contributed by atoms with Crippen molar-refractivity contribution < 1.29 is 23.8 Å². The molecule has 1 aliphatic heterocycles. The zero-order valence-corrected chi connectivity index (χ0v) is 16.6. The smallest absolute Gasteiger partial charge is 0.347 e. The number of benzene rings is 2. The number of fused-ring (bicyclic) bond motifs is 1. The molecule has 0 radical (unpaired) electrons. The molecule has 1 aliphatic rings. The van der Waals surface area contributed by atoms with Crippen LogP contribution in [0, 0.1) is 6.92 Å². The summed E-state index contributed by atoms with van der Waals surface area (Å²) < 4.78 is 16.5. The van der Waals surface area contributed by atoms with Gasteiger partial charge in [-0.3, -0.25) is 4.79 Å². The van der Waals surface area contributed by atoms with E-state index in [9.17, 15) is 9.59 Å². The number of rotatable bonds is 6. The highest BCUT2D eigenvalue weighted by molar-refractivity contribution is 6.15. The predicted molar refractivity (Wildman–Crippen MR) is 107 cm³/mol. The van der Waals surface area contributed by atoms with E-state index in [0.29, 0.717) is 29.2 Å². The second-order valence-electron chi connectivity index (χ2n) is 6.61. The number of esters is 1. The fraction of sp³-hybridized carbons (Fsp3) is 0.304. The molecule has 2 aromatic carbocycles. The highest BCUT2D eigenvalue weighted by Crippen LogP contribution is 2.39. The zero-order valence-electron chi connectivity index (χ0n) is 16.6. The van der Waals surface area contributed by atoms with Gasteiger partial charge in [-0.05, 0) is 56.5 Å². The second kappa shape index (κ2) is 8.30. The van der Waals surface area contributed by atoms with Crippen molar-refractivity contribution in [1.29, 1.82) is 0 Å². The number of allylic oxidation sites excluding steroid dienone is 1. The lowest BCUT2D eigenvalue weighted by Gasteiger charge is -2.16. The van der Waals surface area contributed by atoms with E-state index in [1.54, 1.807) is 39.0 Å². The molecular formula is C23H24O5. The first kappa shape index (κ1) is 19.7. The average Bonchev–Trinajstić information content (AvgIpc) is 3.01. The van der Waals surface area contributed by atoms with Crippen LogP contribution in [0.15, 0.2) is 42.2 Å². The van der Waals surface area contributed by atoms with E-state index in [1.807, 2.05) is 24.3 Å². The van der Waals surface area contributed by atoms with E-state index >= 15 is 0 Å². The highest BCUT2D eigenvalue weighted by Gasteiger charge is 2.30. The zero-order chi connectivity index (χ0) is 20.3. The molecule has 0 fully saturated rings. The lowest BCUT2D eigenvalue weighted by Crippen LogP contribution is -2.26. The van der Waals surface area contributed by atoms with Gasteiger partial charge in [0, 0.05) is 5.56 Å². The van der Waals surface area contributed by atoms with Gasteiger partial charge in [0.15, 0.2) is 11.9 Å². The third kappa shape index (κ3) is 3.93. The van der Waals surface area contributed by atoms with Gasteiger partial charge in [0.2, 0.25) is 5.78 Å². The summed E-state index contributed by atoms with van der Waals surface area (Å²) in [5, 5.41) is 0. The van der Waals surface area contributed by atoms with Crippen molar-refractivity contribution in [3.8, 4) is 11.5 Å². The quantitative estimate of drug-likeness (QED) is 0.545. The molecule has 1 atom stereocenters. The van der Waals surface area contributed by atoms with Crippen LogP contribution in [0.4, 0.5) is 0 Å². The van der Waals surface area contributed by atoms with Gasteiger partial charge in [0.1, 0.15) is 11.5 Å². The van der Waals surface area contributed by atoms with Crippen LogP contribution in [-0.4, -0.2) is 24.5 Å². The van der Waals surface area contributed by atoms with E-state index in [2.05, 4.69) is 6.92 Å². The van der Waals surface area contributed by atoms with Crippen molar-refractivity contribution in [2.45, 2.75) is 40.2 Å². The van der Waals surface area contributed by atoms with Gasteiger partial charge in [-0.25, -0.2) is 4.79 Å². The lowest BCUT2D eigenvalue weighted by molar-refractivity contribution is -0.150. The molecule has 0 aliphatic carbocycles. The third-order valence-electron chi connectivity index (χ3n) is 4.64. The lowest BCUT2D eigenvalue weighted by atomic mass is 10.0. The molecule has 0 spiro atoms. The van der Waals surface area contributed by atoms with E-state index in [-0.39, 0.29) is 11.5 Å². The van der Waals surface area contributed by atoms with Crippen LogP contribution < -0.4 is 9.47 Å². The molecule has 2 aromatic rings. The number of Topliss-reactive ketones (excluding diaryl/α,β-unsaturated/α-hetero) is 1. The standard InChI is InChI=1S/C23H24O5/c1-5-16-7-9-17(10-8-16)13-20-21(24)18-11-12-19(14(3)22(18)28-20)27-15(4)23(25)26-6-2/h7-13,15H,5-6H2,1-4H3/b20-13-. The summed E-state index contributed by atoms with van der Waals surface area (Å²) in [5.41, 5.74) is 3.30. The van der Waals surface area contributed by atoms with Gasteiger partial charge in [-0.1, -0.05) is 31.2 Å². The van der Waals surface area contributed by atoms with Crippen LogP contribution in [0.5, 0.6) is 11.5 Å². The van der Waals surface area contributed by atoms with E-state index in [0.717, 1.165) is 12.0 Å². The van der Waals surface area contributed by atoms with Crippen LogP contribution in [0.25, 0.3) is 6.08 Å². The molecule has 146 valence electrons. The summed E-state index contributed by atoms with van der Waals surface area (Å²) in [6.45, 7) is 7.56. The Morgan fingerprint density at radius 3 is 2.50 bits per heavy atom. The van der Waals surface area contributed by atoms with Crippen LogP contribution in [0.3, 0.4) is 0 Å². The molecule has 0 saturated carbocycles. The largest absolute Gasteiger partial charge is 0.479 e. The monoisotopic (exact) mass is 380 g/mol. The van der Waals surface area contributed by atoms with E-state index in [4.69, 9.17) is 14.2 Å². The third-order valence-corrected chi connectivity index (χ3v) is 4.64. The maximum absolute atomic E-state index is 12.7. The second-order valence-corrected chi connectivity index (χ2v) is 6.61. The molecule has 0 aromatic heterocycles. The number of aryl methyl sites for hydroxylation is 1. The maximum Gasteiger partial charge on any atom is 0.347 e. The molecular weight excluding hydrogens is 356 g/mol. The van der Waals surface area contributed by atoms with Gasteiger partial charge in [0.05, 0.1) is 12.2 Å². The van der Waals surface area contributed by atoms with Gasteiger partial charge in [0.25, 0.3) is 0 Å². The first-order valence-corrected chi connectivity index (χ1v) is 9.44. The topological polar surface area (TPSA) is 61.8 Å². The van der Waals surface area contributed by atoms with Crippen molar-refractivity contribution >= 4 is 17.8 Å². The molecule has 3 rings (SSSR count). The summed E-state index contributed by atoms with van der Waals surface area (Å²) >= 11 is 0. The Balaban J connectivity index is 1.83. The Labute approximate surface area is 164 Å². The van der Waals surface area contributed by atoms with Crippen molar-refractivity contribution in [1.82, 2.24) is 0 Å². The molecule has 0 amide bonds. The van der Waals surface area contributed by atoms with Gasteiger partial charge in [-0.15, -0.1) is 0 Å². The van der Waals surface area contributed by atoms with Crippen LogP contribution >= 0.6 is 0 Å². The fourth-order valence-corrected chi connectivity index (χ4v) is 2.99. The normalized spacial score (nSPS) is 15.1. The number of carbonyl (C=O) groups is 2. The van der Waals surface area contributed by atoms with E-state index in [1.165, 1.54) is 5.56 Å². The Bertz CT molecular complexity index is 925. The molecule has 28 heavy (non-hydrogen) atoms. The van der Waals surface area contributed by atoms with Gasteiger partial charge >= 0.3 is 5.97 Å².